The van der Waals surface area contributed by atoms with Crippen molar-refractivity contribution in [3.63, 3.8) is 0 Å². The van der Waals surface area contributed by atoms with Gasteiger partial charge in [-0.05, 0) is 46.8 Å². The molecule has 0 saturated carbocycles. The highest BCUT2D eigenvalue weighted by Gasteiger charge is 2.35. The van der Waals surface area contributed by atoms with Crippen LogP contribution in [-0.4, -0.2) is 53.0 Å². The molecule has 1 saturated heterocycles. The molecule has 1 rings (SSSR count). The molecule has 1 heterocycles. The summed E-state index contributed by atoms with van der Waals surface area (Å²) < 4.78 is 0.219. The van der Waals surface area contributed by atoms with E-state index >= 15 is 0 Å². The molecule has 112 valence electrons. The van der Waals surface area contributed by atoms with Gasteiger partial charge in [-0.1, -0.05) is 0 Å². The number of carbonyl (C=O) groups is 1. The topological polar surface area (TPSA) is 58.4 Å². The average molecular weight is 287 g/mol. The number of thioether (sulfide) groups is 1. The Morgan fingerprint density at radius 1 is 1.42 bits per heavy atom. The molecule has 0 aromatic heterocycles. The molecule has 1 fully saturated rings. The Hall–Kier alpha value is -0.260. The summed E-state index contributed by atoms with van der Waals surface area (Å²) in [6, 6.07) is -0.0585. The first-order valence-corrected chi connectivity index (χ1v) is 8.27. The highest BCUT2D eigenvalue weighted by atomic mass is 32.2. The van der Waals surface area contributed by atoms with Crippen molar-refractivity contribution < 1.29 is 4.79 Å². The van der Waals surface area contributed by atoms with Crippen LogP contribution in [0.3, 0.4) is 0 Å². The Morgan fingerprint density at radius 3 is 2.32 bits per heavy atom. The minimum absolute atomic E-state index is 0.0585. The van der Waals surface area contributed by atoms with Gasteiger partial charge in [-0.25, -0.2) is 0 Å². The van der Waals surface area contributed by atoms with Gasteiger partial charge in [0, 0.05) is 29.9 Å². The zero-order valence-electron chi connectivity index (χ0n) is 13.0. The number of piperidine rings is 1. The molecule has 0 aromatic rings. The standard InChI is InChI=1S/C14H29N3OS/c1-11(12(18)16-13(2,3)4)17-8-6-14(10-15,19-5)7-9-17/h11H,6-10,15H2,1-5H3,(H,16,18). The first-order valence-electron chi connectivity index (χ1n) is 7.04. The molecule has 5 heteroatoms. The van der Waals surface area contributed by atoms with E-state index in [1.54, 1.807) is 0 Å². The first-order chi connectivity index (χ1) is 8.73. The average Bonchev–Trinajstić information content (AvgIpc) is 2.36. The van der Waals surface area contributed by atoms with Crippen molar-refractivity contribution in [1.82, 2.24) is 10.2 Å². The van der Waals surface area contributed by atoms with Crippen molar-refractivity contribution in [1.29, 1.82) is 0 Å². The fraction of sp³-hybridized carbons (Fsp3) is 0.929. The number of amides is 1. The molecule has 1 atom stereocenters. The summed E-state index contributed by atoms with van der Waals surface area (Å²) in [5, 5.41) is 3.05. The predicted octanol–water partition coefficient (Wildman–Crippen LogP) is 1.45. The molecule has 0 bridgehead atoms. The molecular weight excluding hydrogens is 258 g/mol. The van der Waals surface area contributed by atoms with Crippen LogP contribution < -0.4 is 11.1 Å². The lowest BCUT2D eigenvalue weighted by atomic mass is 9.94. The summed E-state index contributed by atoms with van der Waals surface area (Å²) in [4.78, 5) is 14.4. The van der Waals surface area contributed by atoms with Crippen LogP contribution in [0.15, 0.2) is 0 Å². The Kier molecular flexibility index (Phi) is 5.71. The molecule has 1 unspecified atom stereocenters. The van der Waals surface area contributed by atoms with E-state index in [4.69, 9.17) is 5.73 Å². The van der Waals surface area contributed by atoms with Crippen molar-refractivity contribution >= 4 is 17.7 Å². The Balaban J connectivity index is 2.53. The van der Waals surface area contributed by atoms with Gasteiger partial charge in [0.05, 0.1) is 6.04 Å². The monoisotopic (exact) mass is 287 g/mol. The molecule has 1 aliphatic rings. The van der Waals surface area contributed by atoms with E-state index in [1.807, 2.05) is 39.5 Å². The second-order valence-corrected chi connectivity index (χ2v) is 7.82. The maximum Gasteiger partial charge on any atom is 0.237 e. The van der Waals surface area contributed by atoms with Crippen molar-refractivity contribution in [2.75, 3.05) is 25.9 Å². The van der Waals surface area contributed by atoms with Gasteiger partial charge in [0.15, 0.2) is 0 Å². The lowest BCUT2D eigenvalue weighted by Gasteiger charge is -2.42. The minimum Gasteiger partial charge on any atom is -0.350 e. The van der Waals surface area contributed by atoms with Crippen LogP contribution in [0, 0.1) is 0 Å². The van der Waals surface area contributed by atoms with Gasteiger partial charge in [0.2, 0.25) is 5.91 Å². The first kappa shape index (κ1) is 16.8. The van der Waals surface area contributed by atoms with Gasteiger partial charge in [-0.2, -0.15) is 11.8 Å². The number of nitrogens with two attached hydrogens (primary N) is 1. The zero-order valence-corrected chi connectivity index (χ0v) is 13.8. The summed E-state index contributed by atoms with van der Waals surface area (Å²) >= 11 is 1.87. The second kappa shape index (κ2) is 6.46. The van der Waals surface area contributed by atoms with Gasteiger partial charge in [-0.3, -0.25) is 9.69 Å². The fourth-order valence-corrected chi connectivity index (χ4v) is 3.21. The minimum atomic E-state index is -0.165. The van der Waals surface area contributed by atoms with E-state index in [0.717, 1.165) is 32.5 Å². The SMILES string of the molecule is CSC1(CN)CCN(C(C)C(=O)NC(C)(C)C)CC1. The van der Waals surface area contributed by atoms with Crippen LogP contribution in [-0.2, 0) is 4.79 Å². The molecule has 4 nitrogen and oxygen atoms in total. The van der Waals surface area contributed by atoms with E-state index in [1.165, 1.54) is 0 Å². The molecule has 19 heavy (non-hydrogen) atoms. The summed E-state index contributed by atoms with van der Waals surface area (Å²) in [6.45, 7) is 10.7. The van der Waals surface area contributed by atoms with E-state index in [-0.39, 0.29) is 22.2 Å². The molecular formula is C14H29N3OS. The number of nitrogens with zero attached hydrogens (tertiary/aromatic N) is 1. The number of carbonyl (C=O) groups excluding carboxylic acids is 1. The summed E-state index contributed by atoms with van der Waals surface area (Å²) in [6.07, 6.45) is 4.27. The molecule has 3 N–H and O–H groups in total. The van der Waals surface area contributed by atoms with E-state index < -0.39 is 0 Å². The quantitative estimate of drug-likeness (QED) is 0.821. The number of likely N-dealkylation sites (tertiary alicyclic amines) is 1. The highest BCUT2D eigenvalue weighted by molar-refractivity contribution is 8.00. The lowest BCUT2D eigenvalue weighted by molar-refractivity contribution is -0.127. The largest absolute Gasteiger partial charge is 0.350 e. The molecule has 1 amide bonds. The van der Waals surface area contributed by atoms with Crippen molar-refractivity contribution in [2.45, 2.75) is 56.9 Å². The van der Waals surface area contributed by atoms with Crippen LogP contribution >= 0.6 is 11.8 Å². The Morgan fingerprint density at radius 2 is 1.95 bits per heavy atom. The van der Waals surface area contributed by atoms with E-state index in [0.29, 0.717) is 0 Å². The fourth-order valence-electron chi connectivity index (χ4n) is 2.45. The second-order valence-electron chi connectivity index (χ2n) is 6.54. The third kappa shape index (κ3) is 4.65. The van der Waals surface area contributed by atoms with Gasteiger partial charge in [0.25, 0.3) is 0 Å². The zero-order chi connectivity index (χ0) is 14.7. The van der Waals surface area contributed by atoms with E-state index in [2.05, 4.69) is 16.5 Å². The normalized spacial score (nSPS) is 22.0. The lowest BCUT2D eigenvalue weighted by Crippen LogP contribution is -2.55. The van der Waals surface area contributed by atoms with E-state index in [9.17, 15) is 4.79 Å². The van der Waals surface area contributed by atoms with Crippen molar-refractivity contribution in [2.24, 2.45) is 5.73 Å². The van der Waals surface area contributed by atoms with Crippen LogP contribution in [0.2, 0.25) is 0 Å². The van der Waals surface area contributed by atoms with Crippen molar-refractivity contribution in [3.05, 3.63) is 0 Å². The maximum atomic E-state index is 12.2. The molecule has 0 radical (unpaired) electrons. The number of rotatable bonds is 4. The summed E-state index contributed by atoms with van der Waals surface area (Å²) in [5.41, 5.74) is 5.73. The number of hydrogen-bond acceptors (Lipinski definition) is 4. The Bertz CT molecular complexity index is 300. The number of nitrogens with one attached hydrogen (secondary N) is 1. The van der Waals surface area contributed by atoms with Crippen LogP contribution in [0.4, 0.5) is 0 Å². The Labute approximate surface area is 121 Å². The molecule has 1 aliphatic heterocycles. The van der Waals surface area contributed by atoms with Gasteiger partial charge in [0.1, 0.15) is 0 Å². The molecule has 0 aliphatic carbocycles. The summed E-state index contributed by atoms with van der Waals surface area (Å²) in [5.74, 6) is 0.122. The van der Waals surface area contributed by atoms with Crippen LogP contribution in [0.1, 0.15) is 40.5 Å². The van der Waals surface area contributed by atoms with Crippen LogP contribution in [0.25, 0.3) is 0 Å². The molecule has 0 spiro atoms. The third-order valence-electron chi connectivity index (χ3n) is 3.94. The van der Waals surface area contributed by atoms with Gasteiger partial charge >= 0.3 is 0 Å². The van der Waals surface area contributed by atoms with Crippen molar-refractivity contribution in [3.8, 4) is 0 Å². The maximum absolute atomic E-state index is 12.2. The third-order valence-corrected chi connectivity index (χ3v) is 5.38. The smallest absolute Gasteiger partial charge is 0.237 e. The predicted molar refractivity (Wildman–Crippen MR) is 83.5 cm³/mol. The van der Waals surface area contributed by atoms with Gasteiger partial charge in [-0.15, -0.1) is 0 Å². The number of hydrogen-bond donors (Lipinski definition) is 2. The van der Waals surface area contributed by atoms with Gasteiger partial charge < -0.3 is 11.1 Å². The highest BCUT2D eigenvalue weighted by Crippen LogP contribution is 2.33. The molecule has 0 aromatic carbocycles. The summed E-state index contributed by atoms with van der Waals surface area (Å²) in [7, 11) is 0. The van der Waals surface area contributed by atoms with Crippen LogP contribution in [0.5, 0.6) is 0 Å².